The summed E-state index contributed by atoms with van der Waals surface area (Å²) < 4.78 is 5.11. The molecule has 1 saturated carbocycles. The second-order valence-corrected chi connectivity index (χ2v) is 11.5. The maximum atomic E-state index is 2.57. The molecule has 0 N–H and O–H groups in total. The van der Waals surface area contributed by atoms with Crippen LogP contribution in [0.25, 0.3) is 76.2 Å². The molecule has 1 fully saturated rings. The third-order valence-electron chi connectivity index (χ3n) is 9.74. The highest BCUT2D eigenvalue weighted by molar-refractivity contribution is 6.45. The third-order valence-corrected chi connectivity index (χ3v) is 9.74. The van der Waals surface area contributed by atoms with Gasteiger partial charge in [0.05, 0.1) is 33.1 Å². The van der Waals surface area contributed by atoms with Crippen LogP contribution in [0.2, 0.25) is 0 Å². The van der Waals surface area contributed by atoms with Crippen LogP contribution in [0.1, 0.15) is 43.6 Å². The number of benzene rings is 5. The van der Waals surface area contributed by atoms with Gasteiger partial charge in [0, 0.05) is 43.1 Å². The van der Waals surface area contributed by atoms with Crippen molar-refractivity contribution in [2.45, 2.75) is 38.0 Å². The Hall–Kier alpha value is -4.30. The lowest BCUT2D eigenvalue weighted by atomic mass is 9.83. The van der Waals surface area contributed by atoms with Crippen LogP contribution >= 0.6 is 0 Å². The van der Waals surface area contributed by atoms with E-state index in [1.54, 1.807) is 0 Å². The second kappa shape index (κ2) is 6.76. The van der Waals surface area contributed by atoms with E-state index in [0.29, 0.717) is 5.92 Å². The normalized spacial score (nSPS) is 15.8. The van der Waals surface area contributed by atoms with Crippen molar-refractivity contribution >= 4 is 76.2 Å². The number of para-hydroxylation sites is 3. The third kappa shape index (κ3) is 2.16. The van der Waals surface area contributed by atoms with Gasteiger partial charge in [-0.2, -0.15) is 0 Å². The number of hydrogen-bond donors (Lipinski definition) is 0. The Kier molecular flexibility index (Phi) is 3.52. The van der Waals surface area contributed by atoms with Gasteiger partial charge in [0.15, 0.2) is 0 Å². The molecule has 0 radical (unpaired) electrons. The molecule has 2 nitrogen and oxygen atoms in total. The molecular weight excluding hydrogens is 460 g/mol. The molecule has 4 heterocycles. The molecule has 180 valence electrons. The Morgan fingerprint density at radius 2 is 0.895 bits per heavy atom. The van der Waals surface area contributed by atoms with Gasteiger partial charge in [-0.1, -0.05) is 79.9 Å². The lowest BCUT2D eigenvalue weighted by Crippen LogP contribution is -2.04. The molecule has 0 amide bonds. The fourth-order valence-corrected chi connectivity index (χ4v) is 8.24. The largest absolute Gasteiger partial charge is 0.308 e. The summed E-state index contributed by atoms with van der Waals surface area (Å²) in [6, 6.07) is 34.5. The van der Waals surface area contributed by atoms with Crippen molar-refractivity contribution in [2.75, 3.05) is 0 Å². The van der Waals surface area contributed by atoms with E-state index in [-0.39, 0.29) is 0 Å². The molecule has 1 aliphatic rings. The molecule has 0 saturated heterocycles. The minimum absolute atomic E-state index is 0.692. The van der Waals surface area contributed by atoms with Crippen molar-refractivity contribution in [3.8, 4) is 0 Å². The summed E-state index contributed by atoms with van der Waals surface area (Å²) in [6.45, 7) is 0. The Balaban J connectivity index is 1.56. The highest BCUT2D eigenvalue weighted by atomic mass is 14.9. The summed E-state index contributed by atoms with van der Waals surface area (Å²) in [6.07, 6.45) is 6.77. The zero-order valence-corrected chi connectivity index (χ0v) is 21.2. The van der Waals surface area contributed by atoms with E-state index >= 15 is 0 Å². The van der Waals surface area contributed by atoms with Crippen LogP contribution in [0.3, 0.4) is 0 Å². The van der Waals surface area contributed by atoms with Gasteiger partial charge in [0.25, 0.3) is 0 Å². The molecule has 5 aromatic carbocycles. The van der Waals surface area contributed by atoms with Crippen molar-refractivity contribution in [3.05, 3.63) is 96.6 Å². The van der Waals surface area contributed by atoms with Crippen LogP contribution in [0.5, 0.6) is 0 Å². The molecule has 0 aliphatic heterocycles. The molecule has 0 bridgehead atoms. The van der Waals surface area contributed by atoms with Crippen molar-refractivity contribution in [2.24, 2.45) is 0 Å². The van der Waals surface area contributed by atoms with E-state index < -0.39 is 0 Å². The molecular formula is C36H26N2. The number of nitrogens with zero attached hydrogens (tertiary/aromatic N) is 2. The van der Waals surface area contributed by atoms with Crippen molar-refractivity contribution < 1.29 is 0 Å². The van der Waals surface area contributed by atoms with E-state index in [9.17, 15) is 0 Å². The van der Waals surface area contributed by atoms with Crippen LogP contribution in [0.4, 0.5) is 0 Å². The smallest absolute Gasteiger partial charge is 0.0634 e. The standard InChI is InChI=1S/C36H26N2/c1-2-10-21(11-3-1)22-18-19-30-26(20-22)34-33-25-14-6-8-16-28(25)37-27-15-7-4-12-23(27)31(35(33)37)32-24-13-5-9-17-29(24)38(30)36(32)34/h4-9,12-21H,1-3,10-11H2. The minimum Gasteiger partial charge on any atom is -0.308 e. The Labute approximate surface area is 219 Å². The van der Waals surface area contributed by atoms with Crippen LogP contribution in [0, 0.1) is 0 Å². The highest BCUT2D eigenvalue weighted by Gasteiger charge is 2.28. The molecule has 10 rings (SSSR count). The van der Waals surface area contributed by atoms with Gasteiger partial charge in [-0.3, -0.25) is 0 Å². The summed E-state index contributed by atoms with van der Waals surface area (Å²) in [4.78, 5) is 0. The minimum atomic E-state index is 0.692. The summed E-state index contributed by atoms with van der Waals surface area (Å²) >= 11 is 0. The predicted octanol–water partition coefficient (Wildman–Crippen LogP) is 10.0. The predicted molar refractivity (Wildman–Crippen MR) is 162 cm³/mol. The van der Waals surface area contributed by atoms with E-state index in [4.69, 9.17) is 0 Å². The van der Waals surface area contributed by atoms with E-state index in [2.05, 4.69) is 99.8 Å². The average molecular weight is 487 g/mol. The number of rotatable bonds is 1. The maximum absolute atomic E-state index is 2.57. The molecule has 0 unspecified atom stereocenters. The second-order valence-electron chi connectivity index (χ2n) is 11.5. The van der Waals surface area contributed by atoms with Gasteiger partial charge >= 0.3 is 0 Å². The Morgan fingerprint density at radius 1 is 0.447 bits per heavy atom. The molecule has 4 aromatic heterocycles. The van der Waals surface area contributed by atoms with Crippen LogP contribution in [-0.2, 0) is 0 Å². The SMILES string of the molecule is c1ccc2c(c1)c1c3c4ccccc4n4c5ccc(C6CCCCC6)cc5c(c5c6ccccc6n2c15)c34. The quantitative estimate of drug-likeness (QED) is 0.218. The van der Waals surface area contributed by atoms with Crippen molar-refractivity contribution in [1.82, 2.24) is 8.80 Å². The zero-order valence-electron chi connectivity index (χ0n) is 21.2. The first-order chi connectivity index (χ1) is 18.9. The fourth-order valence-electron chi connectivity index (χ4n) is 8.24. The number of aromatic nitrogens is 2. The molecule has 38 heavy (non-hydrogen) atoms. The summed E-state index contributed by atoms with van der Waals surface area (Å²) in [5.41, 5.74) is 9.58. The van der Waals surface area contributed by atoms with E-state index in [1.807, 2.05) is 0 Å². The Morgan fingerprint density at radius 3 is 1.42 bits per heavy atom. The average Bonchev–Trinajstić information content (AvgIpc) is 3.70. The van der Waals surface area contributed by atoms with Crippen LogP contribution in [-0.4, -0.2) is 8.80 Å². The van der Waals surface area contributed by atoms with E-state index in [0.717, 1.165) is 0 Å². The van der Waals surface area contributed by atoms with Crippen molar-refractivity contribution in [3.63, 3.8) is 0 Å². The topological polar surface area (TPSA) is 8.82 Å². The van der Waals surface area contributed by atoms with Gasteiger partial charge in [-0.15, -0.1) is 0 Å². The molecule has 1 aliphatic carbocycles. The van der Waals surface area contributed by atoms with Crippen LogP contribution < -0.4 is 0 Å². The van der Waals surface area contributed by atoms with Gasteiger partial charge in [-0.25, -0.2) is 0 Å². The lowest BCUT2D eigenvalue weighted by Gasteiger charge is -2.22. The first-order valence-corrected chi connectivity index (χ1v) is 14.2. The molecule has 0 atom stereocenters. The lowest BCUT2D eigenvalue weighted by molar-refractivity contribution is 0.444. The van der Waals surface area contributed by atoms with Gasteiger partial charge in [0.1, 0.15) is 0 Å². The van der Waals surface area contributed by atoms with E-state index in [1.165, 1.54) is 114 Å². The number of hydrogen-bond acceptors (Lipinski definition) is 0. The van der Waals surface area contributed by atoms with Gasteiger partial charge in [0.2, 0.25) is 0 Å². The highest BCUT2D eigenvalue weighted by Crippen LogP contribution is 2.51. The first-order valence-electron chi connectivity index (χ1n) is 14.2. The molecule has 2 heteroatoms. The molecule has 9 aromatic rings. The maximum Gasteiger partial charge on any atom is 0.0634 e. The number of fused-ring (bicyclic) bond motifs is 14. The fraction of sp³-hybridized carbons (Fsp3) is 0.167. The monoisotopic (exact) mass is 486 g/mol. The Bertz CT molecular complexity index is 2380. The van der Waals surface area contributed by atoms with Crippen LogP contribution in [0.15, 0.2) is 91.0 Å². The molecule has 0 spiro atoms. The zero-order chi connectivity index (χ0) is 24.5. The van der Waals surface area contributed by atoms with Crippen molar-refractivity contribution in [1.29, 1.82) is 0 Å². The van der Waals surface area contributed by atoms with Gasteiger partial charge < -0.3 is 8.80 Å². The first kappa shape index (κ1) is 19.8. The summed E-state index contributed by atoms with van der Waals surface area (Å²) in [7, 11) is 0. The summed E-state index contributed by atoms with van der Waals surface area (Å²) in [5, 5.41) is 11.2. The summed E-state index contributed by atoms with van der Waals surface area (Å²) in [5.74, 6) is 0.692. The van der Waals surface area contributed by atoms with Gasteiger partial charge in [-0.05, 0) is 54.7 Å².